The SMILES string of the molecule is Cn1cc(CN2CC(C#N)CCC2=O)c2ccccc21. The van der Waals surface area contributed by atoms with E-state index >= 15 is 0 Å². The molecule has 1 saturated heterocycles. The van der Waals surface area contributed by atoms with Crippen LogP contribution < -0.4 is 0 Å². The van der Waals surface area contributed by atoms with E-state index < -0.39 is 0 Å². The van der Waals surface area contributed by atoms with Crippen LogP contribution in [-0.4, -0.2) is 21.9 Å². The summed E-state index contributed by atoms with van der Waals surface area (Å²) < 4.78 is 2.08. The Hall–Kier alpha value is -2.28. The lowest BCUT2D eigenvalue weighted by Crippen LogP contribution is -2.38. The Morgan fingerprint density at radius 2 is 2.20 bits per heavy atom. The topological polar surface area (TPSA) is 49.0 Å². The van der Waals surface area contributed by atoms with Gasteiger partial charge in [-0.25, -0.2) is 0 Å². The highest BCUT2D eigenvalue weighted by Crippen LogP contribution is 2.24. The maximum Gasteiger partial charge on any atom is 0.222 e. The van der Waals surface area contributed by atoms with Crippen LogP contribution in [-0.2, 0) is 18.4 Å². The Morgan fingerprint density at radius 3 is 3.00 bits per heavy atom. The molecule has 4 heteroatoms. The Morgan fingerprint density at radius 1 is 1.40 bits per heavy atom. The Balaban J connectivity index is 1.89. The minimum Gasteiger partial charge on any atom is -0.350 e. The van der Waals surface area contributed by atoms with Crippen LogP contribution in [0.3, 0.4) is 0 Å². The van der Waals surface area contributed by atoms with Crippen molar-refractivity contribution in [2.75, 3.05) is 6.54 Å². The minimum atomic E-state index is -0.0253. The van der Waals surface area contributed by atoms with Gasteiger partial charge in [-0.3, -0.25) is 4.79 Å². The molecule has 1 unspecified atom stereocenters. The molecule has 0 saturated carbocycles. The molecule has 1 aliphatic rings. The lowest BCUT2D eigenvalue weighted by Gasteiger charge is -2.29. The highest BCUT2D eigenvalue weighted by Gasteiger charge is 2.26. The van der Waals surface area contributed by atoms with E-state index in [0.717, 1.165) is 5.56 Å². The number of aromatic nitrogens is 1. The van der Waals surface area contributed by atoms with E-state index in [2.05, 4.69) is 29.0 Å². The first-order valence-electron chi connectivity index (χ1n) is 6.89. The van der Waals surface area contributed by atoms with Gasteiger partial charge in [-0.05, 0) is 18.1 Å². The van der Waals surface area contributed by atoms with E-state index in [4.69, 9.17) is 5.26 Å². The fourth-order valence-corrected chi connectivity index (χ4v) is 2.93. The molecule has 2 aromatic rings. The summed E-state index contributed by atoms with van der Waals surface area (Å²) in [5.74, 6) is 0.132. The van der Waals surface area contributed by atoms with Crippen molar-refractivity contribution in [3.05, 3.63) is 36.0 Å². The highest BCUT2D eigenvalue weighted by molar-refractivity contribution is 5.84. The Bertz CT molecular complexity index is 695. The van der Waals surface area contributed by atoms with E-state index in [1.807, 2.05) is 24.1 Å². The third-order valence-electron chi connectivity index (χ3n) is 4.02. The Kier molecular flexibility index (Phi) is 3.19. The number of nitrogens with zero attached hydrogens (tertiary/aromatic N) is 3. The Labute approximate surface area is 118 Å². The van der Waals surface area contributed by atoms with Gasteiger partial charge in [-0.2, -0.15) is 5.26 Å². The summed E-state index contributed by atoms with van der Waals surface area (Å²) in [5, 5.41) is 10.2. The molecule has 0 radical (unpaired) electrons. The molecule has 102 valence electrons. The van der Waals surface area contributed by atoms with Gasteiger partial charge >= 0.3 is 0 Å². The van der Waals surface area contributed by atoms with Crippen molar-refractivity contribution in [2.24, 2.45) is 13.0 Å². The number of carbonyl (C=O) groups excluding carboxylic acids is 1. The predicted octanol–water partition coefficient (Wildman–Crippen LogP) is 2.44. The van der Waals surface area contributed by atoms with Crippen molar-refractivity contribution in [3.8, 4) is 6.07 Å². The summed E-state index contributed by atoms with van der Waals surface area (Å²) in [4.78, 5) is 13.8. The molecular weight excluding hydrogens is 250 g/mol. The summed E-state index contributed by atoms with van der Waals surface area (Å²) in [6, 6.07) is 10.5. The number of aryl methyl sites for hydroxylation is 1. The summed E-state index contributed by atoms with van der Waals surface area (Å²) in [5.41, 5.74) is 2.32. The normalized spacial score (nSPS) is 19.3. The van der Waals surface area contributed by atoms with Gasteiger partial charge in [-0.1, -0.05) is 18.2 Å². The van der Waals surface area contributed by atoms with Gasteiger partial charge in [-0.15, -0.1) is 0 Å². The van der Waals surface area contributed by atoms with E-state index in [-0.39, 0.29) is 11.8 Å². The zero-order valence-electron chi connectivity index (χ0n) is 11.5. The smallest absolute Gasteiger partial charge is 0.222 e. The van der Waals surface area contributed by atoms with E-state index in [1.54, 1.807) is 0 Å². The molecule has 0 N–H and O–H groups in total. The molecule has 1 amide bonds. The van der Waals surface area contributed by atoms with Crippen LogP contribution in [0.1, 0.15) is 18.4 Å². The molecule has 0 bridgehead atoms. The lowest BCUT2D eigenvalue weighted by atomic mass is 9.98. The molecule has 1 aromatic heterocycles. The first-order valence-corrected chi connectivity index (χ1v) is 6.89. The zero-order valence-corrected chi connectivity index (χ0v) is 11.5. The van der Waals surface area contributed by atoms with Crippen LogP contribution in [0.4, 0.5) is 0 Å². The monoisotopic (exact) mass is 267 g/mol. The first-order chi connectivity index (χ1) is 9.69. The average molecular weight is 267 g/mol. The number of amides is 1. The van der Waals surface area contributed by atoms with Crippen LogP contribution in [0, 0.1) is 17.2 Å². The molecule has 4 nitrogen and oxygen atoms in total. The number of fused-ring (bicyclic) bond motifs is 1. The second kappa shape index (κ2) is 5.01. The first kappa shape index (κ1) is 12.7. The number of piperidine rings is 1. The number of benzene rings is 1. The number of hydrogen-bond acceptors (Lipinski definition) is 2. The summed E-state index contributed by atoms with van der Waals surface area (Å²) in [7, 11) is 2.02. The van der Waals surface area contributed by atoms with Gasteiger partial charge in [0.2, 0.25) is 5.91 Å². The molecule has 1 aromatic carbocycles. The quantitative estimate of drug-likeness (QED) is 0.839. The second-order valence-electron chi connectivity index (χ2n) is 5.42. The van der Waals surface area contributed by atoms with Gasteiger partial charge in [0.05, 0.1) is 12.0 Å². The largest absolute Gasteiger partial charge is 0.350 e. The van der Waals surface area contributed by atoms with E-state index in [0.29, 0.717) is 25.9 Å². The standard InChI is InChI=1S/C16H17N3O/c1-18-10-13(14-4-2-3-5-15(14)18)11-19-9-12(8-17)6-7-16(19)20/h2-5,10,12H,6-7,9,11H2,1H3. The maximum atomic E-state index is 12.0. The summed E-state index contributed by atoms with van der Waals surface area (Å²) >= 11 is 0. The van der Waals surface area contributed by atoms with Gasteiger partial charge < -0.3 is 9.47 Å². The minimum absolute atomic E-state index is 0.0253. The van der Waals surface area contributed by atoms with E-state index in [1.165, 1.54) is 10.9 Å². The number of para-hydroxylation sites is 1. The molecule has 1 fully saturated rings. The van der Waals surface area contributed by atoms with Crippen LogP contribution in [0.2, 0.25) is 0 Å². The molecular formula is C16H17N3O. The maximum absolute atomic E-state index is 12.0. The van der Waals surface area contributed by atoms with Gasteiger partial charge in [0, 0.05) is 43.7 Å². The van der Waals surface area contributed by atoms with Crippen LogP contribution in [0.25, 0.3) is 10.9 Å². The molecule has 3 rings (SSSR count). The number of nitriles is 1. The van der Waals surface area contributed by atoms with Crippen LogP contribution >= 0.6 is 0 Å². The number of likely N-dealkylation sites (tertiary alicyclic amines) is 1. The van der Waals surface area contributed by atoms with Gasteiger partial charge in [0.15, 0.2) is 0 Å². The number of hydrogen-bond donors (Lipinski definition) is 0. The fourth-order valence-electron chi connectivity index (χ4n) is 2.93. The summed E-state index contributed by atoms with van der Waals surface area (Å²) in [6.45, 7) is 1.15. The molecule has 0 spiro atoms. The molecule has 1 atom stereocenters. The third kappa shape index (κ3) is 2.16. The van der Waals surface area contributed by atoms with Crippen LogP contribution in [0.5, 0.6) is 0 Å². The average Bonchev–Trinajstić information content (AvgIpc) is 2.78. The van der Waals surface area contributed by atoms with Crippen molar-refractivity contribution < 1.29 is 4.79 Å². The third-order valence-corrected chi connectivity index (χ3v) is 4.02. The van der Waals surface area contributed by atoms with Crippen molar-refractivity contribution in [3.63, 3.8) is 0 Å². The lowest BCUT2D eigenvalue weighted by molar-refractivity contribution is -0.134. The van der Waals surface area contributed by atoms with E-state index in [9.17, 15) is 4.79 Å². The fraction of sp³-hybridized carbons (Fsp3) is 0.375. The number of carbonyl (C=O) groups is 1. The molecule has 0 aliphatic carbocycles. The molecule has 1 aliphatic heterocycles. The predicted molar refractivity (Wildman–Crippen MR) is 76.7 cm³/mol. The highest BCUT2D eigenvalue weighted by atomic mass is 16.2. The van der Waals surface area contributed by atoms with Crippen molar-refractivity contribution in [1.29, 1.82) is 5.26 Å². The molecule has 20 heavy (non-hydrogen) atoms. The summed E-state index contributed by atoms with van der Waals surface area (Å²) in [6.07, 6.45) is 3.26. The zero-order chi connectivity index (χ0) is 14.1. The van der Waals surface area contributed by atoms with Crippen LogP contribution in [0.15, 0.2) is 30.5 Å². The van der Waals surface area contributed by atoms with Crippen molar-refractivity contribution >= 4 is 16.8 Å². The van der Waals surface area contributed by atoms with Gasteiger partial charge in [0.25, 0.3) is 0 Å². The van der Waals surface area contributed by atoms with Crippen molar-refractivity contribution in [2.45, 2.75) is 19.4 Å². The van der Waals surface area contributed by atoms with Gasteiger partial charge in [0.1, 0.15) is 0 Å². The van der Waals surface area contributed by atoms with Crippen molar-refractivity contribution in [1.82, 2.24) is 9.47 Å². The molecule has 2 heterocycles. The second-order valence-corrected chi connectivity index (χ2v) is 5.42. The number of rotatable bonds is 2.